The molecule has 1 nitrogen and oxygen atoms in total. The predicted molar refractivity (Wildman–Crippen MR) is 92.5 cm³/mol. The van der Waals surface area contributed by atoms with Gasteiger partial charge in [-0.05, 0) is 78.5 Å². The maximum atomic E-state index is 6.35. The van der Waals surface area contributed by atoms with Gasteiger partial charge in [0.25, 0.3) is 0 Å². The number of halogens is 1. The maximum Gasteiger partial charge on any atom is 0.129 e. The number of benzene rings is 1. The van der Waals surface area contributed by atoms with Gasteiger partial charge in [-0.3, -0.25) is 0 Å². The number of fused-ring (bicyclic) bond motifs is 3. The summed E-state index contributed by atoms with van der Waals surface area (Å²) in [6, 6.07) is 11.3. The molecule has 0 aliphatic heterocycles. The molecule has 0 saturated heterocycles. The van der Waals surface area contributed by atoms with Gasteiger partial charge in [0.1, 0.15) is 5.15 Å². The molecule has 1 spiro atoms. The maximum absolute atomic E-state index is 6.35. The number of nitrogens with zero attached hydrogens (tertiary/aromatic N) is 1. The Bertz CT molecular complexity index is 796. The van der Waals surface area contributed by atoms with Crippen LogP contribution in [0.25, 0.3) is 11.1 Å². The van der Waals surface area contributed by atoms with Crippen LogP contribution in [0.3, 0.4) is 0 Å². The Labute approximate surface area is 142 Å². The molecule has 2 aromatic rings. The summed E-state index contributed by atoms with van der Waals surface area (Å²) in [4.78, 5) is 4.41. The van der Waals surface area contributed by atoms with Gasteiger partial charge >= 0.3 is 0 Å². The number of pyridine rings is 1. The van der Waals surface area contributed by atoms with Crippen LogP contribution >= 0.6 is 11.6 Å². The minimum absolute atomic E-state index is 0.228. The smallest absolute Gasteiger partial charge is 0.129 e. The normalized spacial score (nSPS) is 38.8. The van der Waals surface area contributed by atoms with E-state index in [1.807, 2.05) is 6.20 Å². The lowest BCUT2D eigenvalue weighted by Crippen LogP contribution is -2.55. The van der Waals surface area contributed by atoms with Gasteiger partial charge in [0, 0.05) is 17.2 Å². The van der Waals surface area contributed by atoms with Gasteiger partial charge in [-0.1, -0.05) is 35.9 Å². The highest BCUT2D eigenvalue weighted by atomic mass is 35.5. The van der Waals surface area contributed by atoms with Crippen molar-refractivity contribution >= 4 is 11.6 Å². The largest absolute Gasteiger partial charge is 0.244 e. The Hall–Kier alpha value is -1.34. The van der Waals surface area contributed by atoms with E-state index in [2.05, 4.69) is 35.3 Å². The fraction of sp³-hybridized carbons (Fsp3) is 0.476. The Morgan fingerprint density at radius 2 is 1.57 bits per heavy atom. The van der Waals surface area contributed by atoms with Crippen molar-refractivity contribution in [2.24, 2.45) is 23.7 Å². The summed E-state index contributed by atoms with van der Waals surface area (Å²) < 4.78 is 0. The van der Waals surface area contributed by atoms with E-state index in [4.69, 9.17) is 11.6 Å². The number of aromatic nitrogens is 1. The molecule has 1 aromatic heterocycles. The van der Waals surface area contributed by atoms with Gasteiger partial charge in [-0.2, -0.15) is 0 Å². The van der Waals surface area contributed by atoms with Gasteiger partial charge in [0.05, 0.1) is 0 Å². The van der Waals surface area contributed by atoms with E-state index in [9.17, 15) is 0 Å². The average Bonchev–Trinajstić information content (AvgIpc) is 2.83. The number of hydrogen-bond donors (Lipinski definition) is 0. The number of rotatable bonds is 0. The predicted octanol–water partition coefficient (Wildman–Crippen LogP) is 5.46. The van der Waals surface area contributed by atoms with Crippen LogP contribution in [0, 0.1) is 23.7 Å². The third kappa shape index (κ3) is 1.44. The molecule has 0 radical (unpaired) electrons. The first kappa shape index (κ1) is 13.0. The van der Waals surface area contributed by atoms with Crippen LogP contribution < -0.4 is 0 Å². The van der Waals surface area contributed by atoms with Crippen molar-refractivity contribution < 1.29 is 0 Å². The Kier molecular flexibility index (Phi) is 2.37. The fourth-order valence-corrected chi connectivity index (χ4v) is 7.18. The summed E-state index contributed by atoms with van der Waals surface area (Å²) in [6.07, 6.45) is 9.19. The Morgan fingerprint density at radius 1 is 0.870 bits per heavy atom. The van der Waals surface area contributed by atoms with Crippen LogP contribution in [0.1, 0.15) is 43.2 Å². The molecule has 0 unspecified atom stereocenters. The van der Waals surface area contributed by atoms with Gasteiger partial charge < -0.3 is 0 Å². The van der Waals surface area contributed by atoms with Gasteiger partial charge in [0.2, 0.25) is 0 Å². The van der Waals surface area contributed by atoms with E-state index >= 15 is 0 Å². The molecule has 1 aromatic carbocycles. The zero-order valence-corrected chi connectivity index (χ0v) is 13.9. The quantitative estimate of drug-likeness (QED) is 0.587. The van der Waals surface area contributed by atoms with Crippen molar-refractivity contribution in [3.05, 3.63) is 52.8 Å². The van der Waals surface area contributed by atoms with Crippen molar-refractivity contribution in [3.63, 3.8) is 0 Å². The van der Waals surface area contributed by atoms with E-state index in [0.29, 0.717) is 5.15 Å². The molecule has 0 N–H and O–H groups in total. The Morgan fingerprint density at radius 3 is 2.30 bits per heavy atom. The summed E-state index contributed by atoms with van der Waals surface area (Å²) in [5, 5.41) is 0.657. The van der Waals surface area contributed by atoms with E-state index in [-0.39, 0.29) is 5.41 Å². The van der Waals surface area contributed by atoms with Crippen LogP contribution in [0.15, 0.2) is 36.5 Å². The van der Waals surface area contributed by atoms with Crippen LogP contribution in [-0.4, -0.2) is 4.98 Å². The van der Waals surface area contributed by atoms with E-state index in [0.717, 1.165) is 23.7 Å². The topological polar surface area (TPSA) is 12.9 Å². The first-order valence-electron chi connectivity index (χ1n) is 9.02. The average molecular weight is 322 g/mol. The molecule has 5 aliphatic carbocycles. The number of hydrogen-bond acceptors (Lipinski definition) is 1. The Balaban J connectivity index is 1.69. The van der Waals surface area contributed by atoms with Crippen LogP contribution in [0.5, 0.6) is 0 Å². The van der Waals surface area contributed by atoms with Crippen LogP contribution in [0.2, 0.25) is 5.15 Å². The molecule has 0 amide bonds. The summed E-state index contributed by atoms with van der Waals surface area (Å²) in [5.41, 5.74) is 6.06. The van der Waals surface area contributed by atoms with E-state index in [1.165, 1.54) is 48.8 Å². The van der Waals surface area contributed by atoms with Gasteiger partial charge in [-0.25, -0.2) is 4.98 Å². The molecule has 2 heteroatoms. The zero-order chi connectivity index (χ0) is 15.2. The molecular weight excluding hydrogens is 302 g/mol. The summed E-state index contributed by atoms with van der Waals surface area (Å²) >= 11 is 6.35. The summed E-state index contributed by atoms with van der Waals surface area (Å²) in [6.45, 7) is 0. The lowest BCUT2D eigenvalue weighted by molar-refractivity contribution is -0.0399. The fourth-order valence-electron chi connectivity index (χ4n) is 7.02. The third-order valence-electron chi connectivity index (χ3n) is 7.41. The molecule has 1 heterocycles. The monoisotopic (exact) mass is 321 g/mol. The first-order chi connectivity index (χ1) is 11.3. The molecule has 7 rings (SSSR count). The summed E-state index contributed by atoms with van der Waals surface area (Å²) in [5.74, 6) is 3.58. The highest BCUT2D eigenvalue weighted by Gasteiger charge is 2.61. The minimum atomic E-state index is 0.228. The van der Waals surface area contributed by atoms with Gasteiger partial charge in [-0.15, -0.1) is 0 Å². The highest BCUT2D eigenvalue weighted by Crippen LogP contribution is 2.69. The van der Waals surface area contributed by atoms with Crippen molar-refractivity contribution in [1.29, 1.82) is 0 Å². The van der Waals surface area contributed by atoms with Crippen molar-refractivity contribution in [2.75, 3.05) is 0 Å². The molecule has 4 fully saturated rings. The first-order valence-corrected chi connectivity index (χ1v) is 9.40. The second kappa shape index (κ2) is 4.19. The standard InChI is InChI=1S/C21H20ClN/c22-20-10-19-17(11-23-20)16-3-1-2-4-18(16)21(19)14-6-12-5-13(8-14)9-15(21)7-12/h1-4,10-15H,5-9H2. The lowest BCUT2D eigenvalue weighted by Gasteiger charge is -2.61. The lowest BCUT2D eigenvalue weighted by atomic mass is 9.43. The van der Waals surface area contributed by atoms with Crippen molar-refractivity contribution in [3.8, 4) is 11.1 Å². The van der Waals surface area contributed by atoms with Crippen molar-refractivity contribution in [2.45, 2.75) is 37.5 Å². The van der Waals surface area contributed by atoms with E-state index < -0.39 is 0 Å². The third-order valence-corrected chi connectivity index (χ3v) is 7.61. The SMILES string of the molecule is Clc1cc2c(cn1)-c1ccccc1C21C2CC3CC(C2)CC1C3. The molecule has 5 aliphatic rings. The second-order valence-electron chi connectivity index (χ2n) is 8.27. The van der Waals surface area contributed by atoms with Crippen LogP contribution in [0.4, 0.5) is 0 Å². The second-order valence-corrected chi connectivity index (χ2v) is 8.66. The van der Waals surface area contributed by atoms with Crippen molar-refractivity contribution in [1.82, 2.24) is 4.98 Å². The molecule has 0 atom stereocenters. The van der Waals surface area contributed by atoms with E-state index in [1.54, 1.807) is 5.56 Å². The van der Waals surface area contributed by atoms with Crippen LogP contribution in [-0.2, 0) is 5.41 Å². The van der Waals surface area contributed by atoms with Gasteiger partial charge in [0.15, 0.2) is 0 Å². The molecule has 4 bridgehead atoms. The minimum Gasteiger partial charge on any atom is -0.244 e. The summed E-state index contributed by atoms with van der Waals surface area (Å²) in [7, 11) is 0. The molecule has 4 saturated carbocycles. The molecule has 23 heavy (non-hydrogen) atoms. The molecule has 116 valence electrons. The molecular formula is C21H20ClN. The highest BCUT2D eigenvalue weighted by molar-refractivity contribution is 6.29. The zero-order valence-electron chi connectivity index (χ0n) is 13.1.